The van der Waals surface area contributed by atoms with Crippen molar-refractivity contribution in [2.45, 2.75) is 26.7 Å². The second kappa shape index (κ2) is 5.85. The number of carbonyl (C=O) groups is 1. The molecule has 0 amide bonds. The van der Waals surface area contributed by atoms with E-state index in [0.29, 0.717) is 23.4 Å². The zero-order valence-electron chi connectivity index (χ0n) is 12.6. The highest BCUT2D eigenvalue weighted by molar-refractivity contribution is 7.21. The normalized spacial score (nSPS) is 11.0. The van der Waals surface area contributed by atoms with Crippen LogP contribution >= 0.6 is 11.3 Å². The Hall–Kier alpha value is -2.27. The van der Waals surface area contributed by atoms with E-state index in [1.165, 1.54) is 11.3 Å². The lowest BCUT2D eigenvalue weighted by Crippen LogP contribution is -2.02. The Balaban J connectivity index is 1.88. The number of hydrogen-bond donors (Lipinski definition) is 1. The van der Waals surface area contributed by atoms with Gasteiger partial charge in [-0.15, -0.1) is 11.3 Å². The number of ketones is 1. The summed E-state index contributed by atoms with van der Waals surface area (Å²) >= 11 is 1.40. The van der Waals surface area contributed by atoms with Crippen molar-refractivity contribution in [3.63, 3.8) is 0 Å². The van der Waals surface area contributed by atoms with E-state index in [4.69, 9.17) is 5.73 Å². The molecule has 3 aromatic rings. The first kappa shape index (κ1) is 14.7. The van der Waals surface area contributed by atoms with Crippen LogP contribution in [0.25, 0.3) is 10.2 Å². The minimum atomic E-state index is 0.0781. The van der Waals surface area contributed by atoms with Gasteiger partial charge in [0.1, 0.15) is 4.83 Å². The van der Waals surface area contributed by atoms with Crippen LogP contribution < -0.4 is 5.73 Å². The molecular formula is C17H17N3OS. The zero-order chi connectivity index (χ0) is 15.7. The van der Waals surface area contributed by atoms with Gasteiger partial charge in [-0.05, 0) is 49.6 Å². The molecule has 22 heavy (non-hydrogen) atoms. The number of fused-ring (bicyclic) bond motifs is 1. The minimum Gasteiger partial charge on any atom is -0.397 e. The third-order valence-corrected chi connectivity index (χ3v) is 4.81. The van der Waals surface area contributed by atoms with Crippen LogP contribution in [0.15, 0.2) is 30.6 Å². The molecule has 112 valence electrons. The van der Waals surface area contributed by atoms with E-state index in [1.807, 2.05) is 32.0 Å². The number of anilines is 1. The predicted octanol–water partition coefficient (Wildman–Crippen LogP) is 3.71. The number of thiophene rings is 1. The third-order valence-electron chi connectivity index (χ3n) is 3.67. The lowest BCUT2D eigenvalue weighted by atomic mass is 10.1. The molecule has 0 spiro atoms. The van der Waals surface area contributed by atoms with E-state index < -0.39 is 0 Å². The molecule has 0 aliphatic carbocycles. The van der Waals surface area contributed by atoms with E-state index in [-0.39, 0.29) is 5.78 Å². The van der Waals surface area contributed by atoms with E-state index in [1.54, 1.807) is 12.4 Å². The minimum absolute atomic E-state index is 0.0781. The van der Waals surface area contributed by atoms with Crippen molar-refractivity contribution >= 4 is 33.0 Å². The van der Waals surface area contributed by atoms with Gasteiger partial charge < -0.3 is 5.73 Å². The third kappa shape index (κ3) is 2.72. The largest absolute Gasteiger partial charge is 0.397 e. The molecular weight excluding hydrogens is 294 g/mol. The Morgan fingerprint density at radius 2 is 2.00 bits per heavy atom. The van der Waals surface area contributed by atoms with Crippen LogP contribution in [-0.2, 0) is 6.42 Å². The molecule has 0 saturated carbocycles. The summed E-state index contributed by atoms with van der Waals surface area (Å²) in [7, 11) is 0. The number of nitrogen functional groups attached to an aromatic ring is 1. The van der Waals surface area contributed by atoms with E-state index in [9.17, 15) is 4.79 Å². The van der Waals surface area contributed by atoms with Crippen LogP contribution in [-0.4, -0.2) is 15.8 Å². The Morgan fingerprint density at radius 1 is 1.27 bits per heavy atom. The molecule has 0 fully saturated rings. The SMILES string of the molecule is Cc1cc(C)c2c(N)c(C(=O)CCc3ccncc3)sc2n1. The highest BCUT2D eigenvalue weighted by Crippen LogP contribution is 2.35. The van der Waals surface area contributed by atoms with Crippen molar-refractivity contribution in [1.82, 2.24) is 9.97 Å². The van der Waals surface area contributed by atoms with Gasteiger partial charge in [0.25, 0.3) is 0 Å². The van der Waals surface area contributed by atoms with Crippen LogP contribution in [0.3, 0.4) is 0 Å². The molecule has 0 saturated heterocycles. The number of Topliss-reactive ketones (excluding diaryl/α,β-unsaturated/α-hetero) is 1. The standard InChI is InChI=1S/C17H17N3OS/c1-10-9-11(2)20-17-14(10)15(18)16(22-17)13(21)4-3-12-5-7-19-8-6-12/h5-9H,3-4,18H2,1-2H3. The van der Waals surface area contributed by atoms with Crippen molar-refractivity contribution in [2.24, 2.45) is 0 Å². The summed E-state index contributed by atoms with van der Waals surface area (Å²) in [6.45, 7) is 3.96. The summed E-state index contributed by atoms with van der Waals surface area (Å²) in [5.41, 5.74) is 9.90. The van der Waals surface area contributed by atoms with Crippen molar-refractivity contribution < 1.29 is 4.79 Å². The molecule has 0 bridgehead atoms. The van der Waals surface area contributed by atoms with Gasteiger partial charge in [-0.1, -0.05) is 0 Å². The predicted molar refractivity (Wildman–Crippen MR) is 90.4 cm³/mol. The summed E-state index contributed by atoms with van der Waals surface area (Å²) in [6.07, 6.45) is 4.62. The fourth-order valence-corrected chi connectivity index (χ4v) is 3.78. The van der Waals surface area contributed by atoms with Gasteiger partial charge in [-0.3, -0.25) is 9.78 Å². The summed E-state index contributed by atoms with van der Waals surface area (Å²) < 4.78 is 0. The number of rotatable bonds is 4. The first-order valence-electron chi connectivity index (χ1n) is 7.14. The number of carbonyl (C=O) groups excluding carboxylic acids is 1. The highest BCUT2D eigenvalue weighted by atomic mass is 32.1. The topological polar surface area (TPSA) is 68.9 Å². The smallest absolute Gasteiger partial charge is 0.175 e. The summed E-state index contributed by atoms with van der Waals surface area (Å²) in [6, 6.07) is 5.85. The fraction of sp³-hybridized carbons (Fsp3) is 0.235. The monoisotopic (exact) mass is 311 g/mol. The molecule has 5 heteroatoms. The molecule has 2 N–H and O–H groups in total. The molecule has 3 rings (SSSR count). The fourth-order valence-electron chi connectivity index (χ4n) is 2.60. The Bertz CT molecular complexity index is 840. The number of aromatic nitrogens is 2. The molecule has 3 aromatic heterocycles. The van der Waals surface area contributed by atoms with Gasteiger partial charge in [-0.25, -0.2) is 4.98 Å². The molecule has 0 aliphatic rings. The molecule has 0 unspecified atom stereocenters. The zero-order valence-corrected chi connectivity index (χ0v) is 13.4. The van der Waals surface area contributed by atoms with Gasteiger partial charge >= 0.3 is 0 Å². The average molecular weight is 311 g/mol. The lowest BCUT2D eigenvalue weighted by Gasteiger charge is -2.01. The summed E-state index contributed by atoms with van der Waals surface area (Å²) in [4.78, 5) is 22.4. The maximum atomic E-state index is 12.5. The van der Waals surface area contributed by atoms with Crippen molar-refractivity contribution in [2.75, 3.05) is 5.73 Å². The first-order chi connectivity index (χ1) is 10.6. The molecule has 4 nitrogen and oxygen atoms in total. The number of pyridine rings is 2. The second-order valence-corrected chi connectivity index (χ2v) is 6.38. The first-order valence-corrected chi connectivity index (χ1v) is 7.96. The van der Waals surface area contributed by atoms with Gasteiger partial charge in [-0.2, -0.15) is 0 Å². The van der Waals surface area contributed by atoms with Crippen LogP contribution in [0.2, 0.25) is 0 Å². The second-order valence-electron chi connectivity index (χ2n) is 5.38. The molecule has 0 radical (unpaired) electrons. The molecule has 3 heterocycles. The van der Waals surface area contributed by atoms with Gasteiger partial charge in [0, 0.05) is 29.9 Å². The lowest BCUT2D eigenvalue weighted by molar-refractivity contribution is 0.0987. The molecule has 0 aromatic carbocycles. The maximum absolute atomic E-state index is 12.5. The van der Waals surface area contributed by atoms with Crippen molar-refractivity contribution in [1.29, 1.82) is 0 Å². The molecule has 0 atom stereocenters. The molecule has 0 aliphatic heterocycles. The van der Waals surface area contributed by atoms with E-state index in [0.717, 1.165) is 27.0 Å². The summed E-state index contributed by atoms with van der Waals surface area (Å²) in [5, 5.41) is 0.919. The number of aryl methyl sites for hydroxylation is 3. The summed E-state index contributed by atoms with van der Waals surface area (Å²) in [5.74, 6) is 0.0781. The van der Waals surface area contributed by atoms with Gasteiger partial charge in [0.15, 0.2) is 5.78 Å². The Labute approximate surface area is 133 Å². The van der Waals surface area contributed by atoms with E-state index in [2.05, 4.69) is 9.97 Å². The average Bonchev–Trinajstić information content (AvgIpc) is 2.83. The number of nitrogens with two attached hydrogens (primary N) is 1. The van der Waals surface area contributed by atoms with Crippen molar-refractivity contribution in [3.05, 3.63) is 52.3 Å². The number of nitrogens with zero attached hydrogens (tertiary/aromatic N) is 2. The quantitative estimate of drug-likeness (QED) is 0.746. The van der Waals surface area contributed by atoms with E-state index >= 15 is 0 Å². The van der Waals surface area contributed by atoms with Crippen LogP contribution in [0.5, 0.6) is 0 Å². The Kier molecular flexibility index (Phi) is 3.90. The number of hydrogen-bond acceptors (Lipinski definition) is 5. The van der Waals surface area contributed by atoms with Crippen LogP contribution in [0.1, 0.15) is 32.9 Å². The van der Waals surface area contributed by atoms with Gasteiger partial charge in [0.2, 0.25) is 0 Å². The van der Waals surface area contributed by atoms with Crippen LogP contribution in [0.4, 0.5) is 5.69 Å². The maximum Gasteiger partial charge on any atom is 0.175 e. The van der Waals surface area contributed by atoms with Crippen molar-refractivity contribution in [3.8, 4) is 0 Å². The van der Waals surface area contributed by atoms with Gasteiger partial charge in [0.05, 0.1) is 10.6 Å². The van der Waals surface area contributed by atoms with Crippen LogP contribution in [0, 0.1) is 13.8 Å². The highest BCUT2D eigenvalue weighted by Gasteiger charge is 2.18. The Morgan fingerprint density at radius 3 is 2.73 bits per heavy atom.